The lowest BCUT2D eigenvalue weighted by Gasteiger charge is -2.21. The lowest BCUT2D eigenvalue weighted by Crippen LogP contribution is -2.40. The summed E-state index contributed by atoms with van der Waals surface area (Å²) in [5.41, 5.74) is 0.813. The molecule has 0 fully saturated rings. The third kappa shape index (κ3) is 6.33. The van der Waals surface area contributed by atoms with Crippen molar-refractivity contribution < 1.29 is 22.4 Å². The molecule has 0 spiro atoms. The molecule has 31 heavy (non-hydrogen) atoms. The number of halogens is 1. The molecule has 0 aliphatic carbocycles. The molecule has 0 bridgehead atoms. The maximum Gasteiger partial charge on any atom is 0.243 e. The largest absolute Gasteiger partial charge is 0.494 e. The number of amides is 1. The lowest BCUT2D eigenvalue weighted by molar-refractivity contribution is -0.121. The second kappa shape index (κ2) is 10.5. The summed E-state index contributed by atoms with van der Waals surface area (Å²) in [6, 6.07) is 16.5. The van der Waals surface area contributed by atoms with E-state index in [1.165, 1.54) is 18.4 Å². The standard InChI is InChI=1S/C22H23ClN2O5S/c1-2-29-19-8-10-21(11-9-19)31(27,28)25(15-20-7-4-12-30-20)16-22(26)24-14-17-5-3-6-18(23)13-17/h3-13H,2,14-16H2,1H3,(H,24,26). The molecule has 0 aliphatic heterocycles. The second-order valence-electron chi connectivity index (χ2n) is 6.66. The van der Waals surface area contributed by atoms with E-state index < -0.39 is 15.9 Å². The highest BCUT2D eigenvalue weighted by Gasteiger charge is 2.27. The van der Waals surface area contributed by atoms with Gasteiger partial charge in [0.05, 0.1) is 30.9 Å². The summed E-state index contributed by atoms with van der Waals surface area (Å²) in [7, 11) is -3.96. The van der Waals surface area contributed by atoms with Crippen LogP contribution >= 0.6 is 11.6 Å². The monoisotopic (exact) mass is 462 g/mol. The van der Waals surface area contributed by atoms with Gasteiger partial charge >= 0.3 is 0 Å². The smallest absolute Gasteiger partial charge is 0.243 e. The Kier molecular flexibility index (Phi) is 7.73. The van der Waals surface area contributed by atoms with Crippen LogP contribution in [0.2, 0.25) is 5.02 Å². The SMILES string of the molecule is CCOc1ccc(S(=O)(=O)N(CC(=O)NCc2cccc(Cl)c2)Cc2ccco2)cc1. The first-order chi connectivity index (χ1) is 14.9. The molecule has 0 saturated carbocycles. The molecule has 9 heteroatoms. The first-order valence-corrected chi connectivity index (χ1v) is 11.5. The van der Waals surface area contributed by atoms with Crippen molar-refractivity contribution in [2.75, 3.05) is 13.2 Å². The maximum atomic E-state index is 13.2. The molecule has 164 valence electrons. The van der Waals surface area contributed by atoms with Gasteiger partial charge in [0.2, 0.25) is 15.9 Å². The molecule has 1 N–H and O–H groups in total. The van der Waals surface area contributed by atoms with Crippen molar-refractivity contribution in [2.45, 2.75) is 24.9 Å². The molecule has 1 amide bonds. The van der Waals surface area contributed by atoms with Gasteiger partial charge in [0, 0.05) is 11.6 Å². The number of carbonyl (C=O) groups excluding carboxylic acids is 1. The Balaban J connectivity index is 1.76. The van der Waals surface area contributed by atoms with E-state index in [1.54, 1.807) is 42.5 Å². The van der Waals surface area contributed by atoms with Crippen molar-refractivity contribution in [1.82, 2.24) is 9.62 Å². The van der Waals surface area contributed by atoms with Crippen LogP contribution in [-0.2, 0) is 27.9 Å². The van der Waals surface area contributed by atoms with E-state index in [2.05, 4.69) is 5.32 Å². The normalized spacial score (nSPS) is 11.5. The zero-order chi connectivity index (χ0) is 22.3. The molecule has 2 aromatic carbocycles. The van der Waals surface area contributed by atoms with Gasteiger partial charge in [0.15, 0.2) is 0 Å². The number of carbonyl (C=O) groups is 1. The highest BCUT2D eigenvalue weighted by Crippen LogP contribution is 2.21. The van der Waals surface area contributed by atoms with Crippen molar-refractivity contribution in [3.63, 3.8) is 0 Å². The van der Waals surface area contributed by atoms with Gasteiger partial charge < -0.3 is 14.5 Å². The molecule has 3 aromatic rings. The van der Waals surface area contributed by atoms with E-state index >= 15 is 0 Å². The number of nitrogens with one attached hydrogen (secondary N) is 1. The fourth-order valence-electron chi connectivity index (χ4n) is 2.89. The van der Waals surface area contributed by atoms with Crippen LogP contribution in [0.4, 0.5) is 0 Å². The molecule has 7 nitrogen and oxygen atoms in total. The molecular formula is C22H23ClN2O5S. The van der Waals surface area contributed by atoms with E-state index in [0.717, 1.165) is 9.87 Å². The second-order valence-corrected chi connectivity index (χ2v) is 9.04. The van der Waals surface area contributed by atoms with Crippen molar-refractivity contribution in [3.8, 4) is 5.75 Å². The average molecular weight is 463 g/mol. The molecule has 3 rings (SSSR count). The van der Waals surface area contributed by atoms with Gasteiger partial charge in [-0.3, -0.25) is 4.79 Å². The van der Waals surface area contributed by atoms with Gasteiger partial charge in [-0.1, -0.05) is 23.7 Å². The average Bonchev–Trinajstić information content (AvgIpc) is 3.26. The predicted molar refractivity (Wildman–Crippen MR) is 117 cm³/mol. The quantitative estimate of drug-likeness (QED) is 0.494. The van der Waals surface area contributed by atoms with Crippen LogP contribution in [0.3, 0.4) is 0 Å². The minimum atomic E-state index is -3.96. The van der Waals surface area contributed by atoms with Gasteiger partial charge in [-0.2, -0.15) is 4.31 Å². The van der Waals surface area contributed by atoms with Gasteiger partial charge in [0.25, 0.3) is 0 Å². The van der Waals surface area contributed by atoms with Gasteiger partial charge in [-0.05, 0) is 61.0 Å². The zero-order valence-corrected chi connectivity index (χ0v) is 18.5. The summed E-state index contributed by atoms with van der Waals surface area (Å²) in [5.74, 6) is 0.552. The number of ether oxygens (including phenoxy) is 1. The Morgan fingerprint density at radius 2 is 1.90 bits per heavy atom. The molecule has 1 heterocycles. The summed E-state index contributed by atoms with van der Waals surface area (Å²) < 4.78 is 38.2. The summed E-state index contributed by atoms with van der Waals surface area (Å²) in [4.78, 5) is 12.6. The minimum Gasteiger partial charge on any atom is -0.494 e. The van der Waals surface area contributed by atoms with Crippen LogP contribution in [0.15, 0.2) is 76.2 Å². The summed E-state index contributed by atoms with van der Waals surface area (Å²) in [5, 5.41) is 3.29. The number of sulfonamides is 1. The van der Waals surface area contributed by atoms with Crippen molar-refractivity contribution in [2.24, 2.45) is 0 Å². The summed E-state index contributed by atoms with van der Waals surface area (Å²) in [6.07, 6.45) is 1.45. The molecular weight excluding hydrogens is 440 g/mol. The summed E-state index contributed by atoms with van der Waals surface area (Å²) >= 11 is 5.96. The topological polar surface area (TPSA) is 88.9 Å². The number of nitrogens with zero attached hydrogens (tertiary/aromatic N) is 1. The van der Waals surface area contributed by atoms with Crippen LogP contribution in [0, 0.1) is 0 Å². The molecule has 0 radical (unpaired) electrons. The zero-order valence-electron chi connectivity index (χ0n) is 17.0. The molecule has 0 saturated heterocycles. The van der Waals surface area contributed by atoms with Crippen LogP contribution in [0.25, 0.3) is 0 Å². The van der Waals surface area contributed by atoms with E-state index in [0.29, 0.717) is 23.1 Å². The van der Waals surface area contributed by atoms with E-state index in [9.17, 15) is 13.2 Å². The first-order valence-electron chi connectivity index (χ1n) is 9.65. The van der Waals surface area contributed by atoms with E-state index in [1.807, 2.05) is 13.0 Å². The lowest BCUT2D eigenvalue weighted by atomic mass is 10.2. The Labute approximate surface area is 186 Å². The fourth-order valence-corrected chi connectivity index (χ4v) is 4.46. The van der Waals surface area contributed by atoms with Crippen LogP contribution in [-0.4, -0.2) is 31.8 Å². The van der Waals surface area contributed by atoms with E-state index in [-0.39, 0.29) is 24.5 Å². The predicted octanol–water partition coefficient (Wildman–Crippen LogP) is 3.84. The molecule has 0 aliphatic rings. The Morgan fingerprint density at radius 1 is 1.13 bits per heavy atom. The minimum absolute atomic E-state index is 0.0603. The highest BCUT2D eigenvalue weighted by atomic mass is 35.5. The van der Waals surface area contributed by atoms with Gasteiger partial charge in [0.1, 0.15) is 11.5 Å². The molecule has 1 aromatic heterocycles. The number of furan rings is 1. The molecule has 0 atom stereocenters. The highest BCUT2D eigenvalue weighted by molar-refractivity contribution is 7.89. The van der Waals surface area contributed by atoms with E-state index in [4.69, 9.17) is 20.8 Å². The number of hydrogen-bond donors (Lipinski definition) is 1. The fraction of sp³-hybridized carbons (Fsp3) is 0.227. The maximum absolute atomic E-state index is 13.2. The first kappa shape index (κ1) is 22.9. The number of rotatable bonds is 10. The van der Waals surface area contributed by atoms with Crippen molar-refractivity contribution >= 4 is 27.5 Å². The third-order valence-electron chi connectivity index (χ3n) is 4.38. The van der Waals surface area contributed by atoms with Crippen LogP contribution in [0.5, 0.6) is 5.75 Å². The number of hydrogen-bond acceptors (Lipinski definition) is 5. The van der Waals surface area contributed by atoms with Crippen LogP contribution < -0.4 is 10.1 Å². The molecule has 0 unspecified atom stereocenters. The van der Waals surface area contributed by atoms with Gasteiger partial charge in [-0.15, -0.1) is 0 Å². The Bertz CT molecular complexity index is 1100. The van der Waals surface area contributed by atoms with Crippen molar-refractivity contribution in [1.29, 1.82) is 0 Å². The van der Waals surface area contributed by atoms with Crippen LogP contribution in [0.1, 0.15) is 18.2 Å². The Morgan fingerprint density at radius 3 is 2.55 bits per heavy atom. The number of benzene rings is 2. The Hall–Kier alpha value is -2.81. The summed E-state index contributed by atoms with van der Waals surface area (Å²) in [6.45, 7) is 2.11. The third-order valence-corrected chi connectivity index (χ3v) is 6.42. The van der Waals surface area contributed by atoms with Gasteiger partial charge in [-0.25, -0.2) is 8.42 Å². The van der Waals surface area contributed by atoms with Crippen molar-refractivity contribution in [3.05, 3.63) is 83.3 Å².